The quantitative estimate of drug-likeness (QED) is 0.557. The Labute approximate surface area is 166 Å². The number of nitrogens with one attached hydrogen (secondary N) is 2. The van der Waals surface area contributed by atoms with Crippen LogP contribution >= 0.6 is 0 Å². The Hall–Kier alpha value is -3.52. The lowest BCUT2D eigenvalue weighted by atomic mass is 10.1. The molecule has 2 N–H and O–H groups in total. The highest BCUT2D eigenvalue weighted by Crippen LogP contribution is 2.27. The molecule has 0 spiro atoms. The Kier molecular flexibility index (Phi) is 4.53. The molecule has 0 bridgehead atoms. The maximum Gasteiger partial charge on any atom is 0.191 e. The zero-order chi connectivity index (χ0) is 19.6. The molecule has 0 radical (unpaired) electrons. The first kappa shape index (κ1) is 17.6. The monoisotopic (exact) mass is 388 g/mol. The van der Waals surface area contributed by atoms with Crippen molar-refractivity contribution in [1.82, 2.24) is 24.7 Å². The van der Waals surface area contributed by atoms with Crippen molar-refractivity contribution in [3.63, 3.8) is 0 Å². The average Bonchev–Trinajstić information content (AvgIpc) is 3.25. The third-order valence-corrected chi connectivity index (χ3v) is 5.13. The van der Waals surface area contributed by atoms with Gasteiger partial charge in [-0.1, -0.05) is 12.1 Å². The molecule has 3 aromatic heterocycles. The lowest BCUT2D eigenvalue weighted by molar-refractivity contribution is 0.0595. The van der Waals surface area contributed by atoms with Gasteiger partial charge in [-0.15, -0.1) is 10.2 Å². The number of nitrogens with zero attached hydrogens (tertiary/aromatic N) is 4. The van der Waals surface area contributed by atoms with Crippen LogP contribution in [-0.2, 0) is 4.74 Å². The number of hydrogen-bond acceptors (Lipinski definition) is 6. The maximum absolute atomic E-state index is 12.3. The van der Waals surface area contributed by atoms with Crippen LogP contribution < -0.4 is 10.7 Å². The van der Waals surface area contributed by atoms with Gasteiger partial charge in [-0.2, -0.15) is 0 Å². The van der Waals surface area contributed by atoms with E-state index in [1.807, 2.05) is 41.0 Å². The van der Waals surface area contributed by atoms with Crippen LogP contribution in [0.5, 0.6) is 0 Å². The fourth-order valence-corrected chi connectivity index (χ4v) is 3.74. The van der Waals surface area contributed by atoms with E-state index in [1.54, 1.807) is 12.5 Å². The van der Waals surface area contributed by atoms with E-state index >= 15 is 0 Å². The molecule has 1 aromatic carbocycles. The Morgan fingerprint density at radius 2 is 2.10 bits per heavy atom. The van der Waals surface area contributed by atoms with Crippen LogP contribution in [0.1, 0.15) is 18.9 Å². The lowest BCUT2D eigenvalue weighted by Crippen LogP contribution is -2.21. The summed E-state index contributed by atoms with van der Waals surface area (Å²) in [4.78, 5) is 20.2. The predicted molar refractivity (Wildman–Crippen MR) is 110 cm³/mol. The zero-order valence-corrected chi connectivity index (χ0v) is 15.7. The largest absolute Gasteiger partial charge is 0.379 e. The molecular weight excluding hydrogens is 368 g/mol. The SMILES string of the molecule is O=c1cc[nH]c2cccc(Nc3cccc(-c4nncn4[C@@H]4CCCOC4)n3)c12. The van der Waals surface area contributed by atoms with Crippen molar-refractivity contribution >= 4 is 22.4 Å². The summed E-state index contributed by atoms with van der Waals surface area (Å²) in [5, 5.41) is 12.3. The van der Waals surface area contributed by atoms with Gasteiger partial charge in [0.05, 0.1) is 29.2 Å². The highest BCUT2D eigenvalue weighted by Gasteiger charge is 2.20. The second-order valence-electron chi connectivity index (χ2n) is 7.04. The normalized spacial score (nSPS) is 16.8. The molecule has 8 nitrogen and oxygen atoms in total. The first-order chi connectivity index (χ1) is 14.3. The molecule has 1 fully saturated rings. The van der Waals surface area contributed by atoms with E-state index in [2.05, 4.69) is 20.5 Å². The summed E-state index contributed by atoms with van der Waals surface area (Å²) < 4.78 is 7.65. The van der Waals surface area contributed by atoms with Gasteiger partial charge in [0.1, 0.15) is 17.8 Å². The molecule has 4 heterocycles. The summed E-state index contributed by atoms with van der Waals surface area (Å²) in [5.74, 6) is 1.34. The Morgan fingerprint density at radius 1 is 1.17 bits per heavy atom. The standard InChI is InChI=1S/C21H20N6O2/c28-18-9-10-22-15-5-1-6-16(20(15)18)24-19-8-2-7-17(25-19)21-26-23-13-27(21)14-4-3-11-29-12-14/h1-2,5-10,13-14H,3-4,11-12H2,(H,22,28)(H,24,25)/t14-/m1/s1. The van der Waals surface area contributed by atoms with Gasteiger partial charge in [0.25, 0.3) is 0 Å². The van der Waals surface area contributed by atoms with Crippen molar-refractivity contribution in [2.45, 2.75) is 18.9 Å². The van der Waals surface area contributed by atoms with Crippen molar-refractivity contribution in [2.75, 3.05) is 18.5 Å². The molecule has 0 saturated carbocycles. The summed E-state index contributed by atoms with van der Waals surface area (Å²) in [7, 11) is 0. The second kappa shape index (κ2) is 7.48. The first-order valence-electron chi connectivity index (χ1n) is 9.62. The molecular formula is C21H20N6O2. The Balaban J connectivity index is 1.49. The summed E-state index contributed by atoms with van der Waals surface area (Å²) in [6.45, 7) is 1.46. The van der Waals surface area contributed by atoms with E-state index in [0.717, 1.165) is 25.0 Å². The summed E-state index contributed by atoms with van der Waals surface area (Å²) in [6, 6.07) is 13.1. The van der Waals surface area contributed by atoms with E-state index in [-0.39, 0.29) is 11.5 Å². The number of hydrogen-bond donors (Lipinski definition) is 2. The number of H-pyrrole nitrogens is 1. The number of pyridine rings is 2. The van der Waals surface area contributed by atoms with Gasteiger partial charge < -0.3 is 19.6 Å². The predicted octanol–water partition coefficient (Wildman–Crippen LogP) is 3.28. The highest BCUT2D eigenvalue weighted by atomic mass is 16.5. The van der Waals surface area contributed by atoms with Gasteiger partial charge in [0, 0.05) is 18.9 Å². The molecule has 1 saturated heterocycles. The molecule has 0 unspecified atom stereocenters. The van der Waals surface area contributed by atoms with Crippen LogP contribution in [0.2, 0.25) is 0 Å². The molecule has 1 aliphatic heterocycles. The number of fused-ring (bicyclic) bond motifs is 1. The number of rotatable bonds is 4. The number of aromatic amines is 1. The molecule has 146 valence electrons. The minimum atomic E-state index is -0.0463. The van der Waals surface area contributed by atoms with E-state index in [9.17, 15) is 4.79 Å². The van der Waals surface area contributed by atoms with Crippen LogP contribution in [0.15, 0.2) is 59.8 Å². The molecule has 8 heteroatoms. The Bertz CT molecular complexity index is 1200. The molecule has 1 aliphatic rings. The highest BCUT2D eigenvalue weighted by molar-refractivity contribution is 5.92. The van der Waals surface area contributed by atoms with Crippen LogP contribution in [0.25, 0.3) is 22.4 Å². The van der Waals surface area contributed by atoms with Crippen LogP contribution in [-0.4, -0.2) is 37.9 Å². The number of benzene rings is 1. The van der Waals surface area contributed by atoms with Crippen molar-refractivity contribution in [3.05, 3.63) is 65.2 Å². The molecule has 1 atom stereocenters. The van der Waals surface area contributed by atoms with Crippen molar-refractivity contribution < 1.29 is 4.74 Å². The molecule has 0 amide bonds. The maximum atomic E-state index is 12.3. The Morgan fingerprint density at radius 3 is 3.00 bits per heavy atom. The third kappa shape index (κ3) is 3.38. The number of aromatic nitrogens is 5. The fraction of sp³-hybridized carbons (Fsp3) is 0.238. The first-order valence-corrected chi connectivity index (χ1v) is 9.62. The van der Waals surface area contributed by atoms with Gasteiger partial charge >= 0.3 is 0 Å². The van der Waals surface area contributed by atoms with E-state index < -0.39 is 0 Å². The van der Waals surface area contributed by atoms with E-state index in [1.165, 1.54) is 6.07 Å². The van der Waals surface area contributed by atoms with Gasteiger partial charge in [-0.25, -0.2) is 4.98 Å². The average molecular weight is 388 g/mol. The fourth-order valence-electron chi connectivity index (χ4n) is 3.74. The van der Waals surface area contributed by atoms with E-state index in [0.29, 0.717) is 35.0 Å². The minimum Gasteiger partial charge on any atom is -0.379 e. The van der Waals surface area contributed by atoms with Crippen molar-refractivity contribution in [3.8, 4) is 11.5 Å². The van der Waals surface area contributed by atoms with E-state index in [4.69, 9.17) is 9.72 Å². The molecule has 4 aromatic rings. The van der Waals surface area contributed by atoms with Crippen LogP contribution in [0.4, 0.5) is 11.5 Å². The number of anilines is 2. The zero-order valence-electron chi connectivity index (χ0n) is 15.7. The molecule has 29 heavy (non-hydrogen) atoms. The van der Waals surface area contributed by atoms with Crippen LogP contribution in [0, 0.1) is 0 Å². The lowest BCUT2D eigenvalue weighted by Gasteiger charge is -2.24. The summed E-state index contributed by atoms with van der Waals surface area (Å²) in [5.41, 5.74) is 2.15. The minimum absolute atomic E-state index is 0.0463. The van der Waals surface area contributed by atoms with Crippen molar-refractivity contribution in [2.24, 2.45) is 0 Å². The topological polar surface area (TPSA) is 97.7 Å². The van der Waals surface area contributed by atoms with Gasteiger partial charge in [0.15, 0.2) is 11.3 Å². The van der Waals surface area contributed by atoms with Crippen LogP contribution in [0.3, 0.4) is 0 Å². The second-order valence-corrected chi connectivity index (χ2v) is 7.04. The third-order valence-electron chi connectivity index (χ3n) is 5.13. The van der Waals surface area contributed by atoms with Gasteiger partial charge in [-0.05, 0) is 37.1 Å². The molecule has 5 rings (SSSR count). The van der Waals surface area contributed by atoms with Crippen molar-refractivity contribution in [1.29, 1.82) is 0 Å². The van der Waals surface area contributed by atoms with Gasteiger partial charge in [0.2, 0.25) is 0 Å². The summed E-state index contributed by atoms with van der Waals surface area (Å²) in [6.07, 6.45) is 5.44. The number of ether oxygens (including phenoxy) is 1. The summed E-state index contributed by atoms with van der Waals surface area (Å²) >= 11 is 0. The smallest absolute Gasteiger partial charge is 0.191 e. The molecule has 0 aliphatic carbocycles. The van der Waals surface area contributed by atoms with Gasteiger partial charge in [-0.3, -0.25) is 4.79 Å².